The second-order valence-corrected chi connectivity index (χ2v) is 7.79. The molecule has 3 aromatic carbocycles. The first kappa shape index (κ1) is 20.5. The molecule has 1 heterocycles. The lowest BCUT2D eigenvalue weighted by Crippen LogP contribution is -2.48. The van der Waals surface area contributed by atoms with Crippen LogP contribution in [0.1, 0.15) is 28.2 Å². The number of ether oxygens (including phenoxy) is 1. The van der Waals surface area contributed by atoms with Gasteiger partial charge in [0, 0.05) is 19.0 Å². The fourth-order valence-electron chi connectivity index (χ4n) is 4.69. The Morgan fingerprint density at radius 2 is 1.47 bits per heavy atom. The molecule has 1 atom stereocenters. The second-order valence-electron chi connectivity index (χ2n) is 7.79. The van der Waals surface area contributed by atoms with E-state index in [4.69, 9.17) is 10.5 Å². The number of hydrogen-bond acceptors (Lipinski definition) is 3. The maximum atomic E-state index is 13.0. The normalized spacial score (nSPS) is 16.8. The number of carbonyl (C=O) groups is 1. The molecule has 30 heavy (non-hydrogen) atoms. The van der Waals surface area contributed by atoms with Gasteiger partial charge in [0.25, 0.3) is 0 Å². The molecule has 0 bridgehead atoms. The van der Waals surface area contributed by atoms with Crippen LogP contribution in [0, 0.1) is 0 Å². The van der Waals surface area contributed by atoms with E-state index in [1.165, 1.54) is 33.4 Å². The first-order valence-corrected chi connectivity index (χ1v) is 10.1. The van der Waals surface area contributed by atoms with Crippen LogP contribution in [0.5, 0.6) is 0 Å². The largest absolute Gasteiger partial charge is 0.448 e. The summed E-state index contributed by atoms with van der Waals surface area (Å²) in [5, 5.41) is 0. The van der Waals surface area contributed by atoms with E-state index in [9.17, 15) is 4.79 Å². The third kappa shape index (κ3) is 3.47. The molecule has 5 rings (SSSR count). The number of benzene rings is 3. The summed E-state index contributed by atoms with van der Waals surface area (Å²) in [5.74, 6) is 0.0692. The summed E-state index contributed by atoms with van der Waals surface area (Å²) in [6.45, 7) is 1.32. The van der Waals surface area contributed by atoms with Gasteiger partial charge in [0.15, 0.2) is 0 Å². The van der Waals surface area contributed by atoms with Gasteiger partial charge in [-0.15, -0.1) is 12.4 Å². The Balaban J connectivity index is 0.00000218. The van der Waals surface area contributed by atoms with Crippen molar-refractivity contribution in [3.05, 3.63) is 95.1 Å². The van der Waals surface area contributed by atoms with Crippen molar-refractivity contribution in [3.63, 3.8) is 0 Å². The summed E-state index contributed by atoms with van der Waals surface area (Å²) < 4.78 is 5.86. The van der Waals surface area contributed by atoms with Crippen LogP contribution in [0.4, 0.5) is 4.79 Å². The van der Waals surface area contributed by atoms with E-state index in [0.717, 1.165) is 6.42 Å². The third-order valence-corrected chi connectivity index (χ3v) is 6.20. The molecule has 1 aliphatic heterocycles. The van der Waals surface area contributed by atoms with Gasteiger partial charge in [0.05, 0.1) is 6.04 Å². The Hall–Kier alpha value is -2.82. The fraction of sp³-hybridized carbons (Fsp3) is 0.240. The molecule has 4 nitrogen and oxygen atoms in total. The third-order valence-electron chi connectivity index (χ3n) is 6.20. The minimum Gasteiger partial charge on any atom is -0.448 e. The molecule has 0 radical (unpaired) electrons. The molecule has 0 fully saturated rings. The van der Waals surface area contributed by atoms with Crippen LogP contribution < -0.4 is 5.73 Å². The van der Waals surface area contributed by atoms with E-state index in [1.807, 2.05) is 24.3 Å². The molecule has 5 heteroatoms. The summed E-state index contributed by atoms with van der Waals surface area (Å²) in [6.07, 6.45) is 0.494. The van der Waals surface area contributed by atoms with Crippen LogP contribution >= 0.6 is 12.4 Å². The van der Waals surface area contributed by atoms with Gasteiger partial charge in [-0.3, -0.25) is 4.90 Å². The van der Waals surface area contributed by atoms with Gasteiger partial charge in [-0.05, 0) is 39.8 Å². The minimum absolute atomic E-state index is 0. The second kappa shape index (κ2) is 8.50. The number of amides is 1. The zero-order valence-corrected chi connectivity index (χ0v) is 17.5. The SMILES string of the molecule is Cl.NCC1Cc2ccccc2CN1C(=O)OCC1c2ccccc2-c2ccccc21. The van der Waals surface area contributed by atoms with Gasteiger partial charge >= 0.3 is 6.09 Å². The fourth-order valence-corrected chi connectivity index (χ4v) is 4.69. The lowest BCUT2D eigenvalue weighted by molar-refractivity contribution is 0.0779. The van der Waals surface area contributed by atoms with Crippen molar-refractivity contribution in [2.24, 2.45) is 5.73 Å². The molecule has 1 unspecified atom stereocenters. The van der Waals surface area contributed by atoms with E-state index in [1.54, 1.807) is 4.90 Å². The molecular weight excluding hydrogens is 396 g/mol. The van der Waals surface area contributed by atoms with Gasteiger partial charge in [-0.1, -0.05) is 72.8 Å². The smallest absolute Gasteiger partial charge is 0.410 e. The Labute approximate surface area is 183 Å². The summed E-state index contributed by atoms with van der Waals surface area (Å²) in [6, 6.07) is 25.0. The molecule has 3 aromatic rings. The van der Waals surface area contributed by atoms with Crippen LogP contribution in [0.25, 0.3) is 11.1 Å². The monoisotopic (exact) mass is 420 g/mol. The molecule has 2 N–H and O–H groups in total. The van der Waals surface area contributed by atoms with Crippen molar-refractivity contribution in [3.8, 4) is 11.1 Å². The van der Waals surface area contributed by atoms with E-state index < -0.39 is 0 Å². The van der Waals surface area contributed by atoms with E-state index in [0.29, 0.717) is 19.7 Å². The molecule has 1 aliphatic carbocycles. The van der Waals surface area contributed by atoms with Crippen LogP contribution in [-0.2, 0) is 17.7 Å². The summed E-state index contributed by atoms with van der Waals surface area (Å²) in [5.41, 5.74) is 13.3. The highest BCUT2D eigenvalue weighted by Crippen LogP contribution is 2.44. The predicted octanol–water partition coefficient (Wildman–Crippen LogP) is 4.74. The number of halogens is 1. The van der Waals surface area contributed by atoms with Crippen molar-refractivity contribution in [1.29, 1.82) is 0 Å². The lowest BCUT2D eigenvalue weighted by Gasteiger charge is -2.35. The average Bonchev–Trinajstić information content (AvgIpc) is 3.10. The first-order chi connectivity index (χ1) is 14.3. The van der Waals surface area contributed by atoms with Crippen LogP contribution in [0.3, 0.4) is 0 Å². The van der Waals surface area contributed by atoms with Crippen molar-refractivity contribution in [1.82, 2.24) is 4.90 Å². The summed E-state index contributed by atoms with van der Waals surface area (Å²) in [7, 11) is 0. The quantitative estimate of drug-likeness (QED) is 0.665. The number of carbonyl (C=O) groups excluding carboxylic acids is 1. The maximum absolute atomic E-state index is 13.0. The van der Waals surface area contributed by atoms with Gasteiger partial charge in [-0.25, -0.2) is 4.79 Å². The Kier molecular flexibility index (Phi) is 5.80. The number of nitrogens with zero attached hydrogens (tertiary/aromatic N) is 1. The highest BCUT2D eigenvalue weighted by molar-refractivity contribution is 5.85. The molecule has 0 aromatic heterocycles. The van der Waals surface area contributed by atoms with Gasteiger partial charge in [-0.2, -0.15) is 0 Å². The van der Waals surface area contributed by atoms with Crippen molar-refractivity contribution in [2.45, 2.75) is 24.9 Å². The lowest BCUT2D eigenvalue weighted by atomic mass is 9.94. The van der Waals surface area contributed by atoms with Gasteiger partial charge < -0.3 is 10.5 Å². The van der Waals surface area contributed by atoms with Crippen molar-refractivity contribution >= 4 is 18.5 Å². The van der Waals surface area contributed by atoms with Crippen LogP contribution in [-0.4, -0.2) is 30.2 Å². The Bertz CT molecular complexity index is 1020. The maximum Gasteiger partial charge on any atom is 0.410 e. The highest BCUT2D eigenvalue weighted by atomic mass is 35.5. The van der Waals surface area contributed by atoms with E-state index in [-0.39, 0.29) is 30.5 Å². The topological polar surface area (TPSA) is 55.6 Å². The van der Waals surface area contributed by atoms with Crippen LogP contribution in [0.2, 0.25) is 0 Å². The summed E-state index contributed by atoms with van der Waals surface area (Å²) in [4.78, 5) is 14.8. The van der Waals surface area contributed by atoms with Gasteiger partial charge in [0.1, 0.15) is 6.61 Å². The molecule has 0 spiro atoms. The van der Waals surface area contributed by atoms with Gasteiger partial charge in [0.2, 0.25) is 0 Å². The molecule has 2 aliphatic rings. The van der Waals surface area contributed by atoms with E-state index >= 15 is 0 Å². The number of hydrogen-bond donors (Lipinski definition) is 1. The number of fused-ring (bicyclic) bond motifs is 4. The number of nitrogens with two attached hydrogens (primary N) is 1. The average molecular weight is 421 g/mol. The molecule has 0 saturated heterocycles. The zero-order chi connectivity index (χ0) is 19.8. The molecule has 1 amide bonds. The molecular formula is C25H25ClN2O2. The number of rotatable bonds is 3. The van der Waals surface area contributed by atoms with Crippen molar-refractivity contribution in [2.75, 3.05) is 13.2 Å². The van der Waals surface area contributed by atoms with Crippen LogP contribution in [0.15, 0.2) is 72.8 Å². The zero-order valence-electron chi connectivity index (χ0n) is 16.7. The summed E-state index contributed by atoms with van der Waals surface area (Å²) >= 11 is 0. The predicted molar refractivity (Wildman–Crippen MR) is 121 cm³/mol. The van der Waals surface area contributed by atoms with E-state index in [2.05, 4.69) is 48.5 Å². The minimum atomic E-state index is -0.281. The molecule has 0 saturated carbocycles. The standard InChI is InChI=1S/C25H24N2O2.ClH/c26-14-19-13-17-7-1-2-8-18(17)15-27(19)25(28)29-16-24-22-11-5-3-9-20(22)21-10-4-6-12-23(21)24;/h1-12,19,24H,13-16,26H2;1H. The Morgan fingerprint density at radius 1 is 0.900 bits per heavy atom. The molecule has 154 valence electrons. The highest BCUT2D eigenvalue weighted by Gasteiger charge is 2.32. The van der Waals surface area contributed by atoms with Crippen molar-refractivity contribution < 1.29 is 9.53 Å². The Morgan fingerprint density at radius 3 is 2.10 bits per heavy atom. The first-order valence-electron chi connectivity index (χ1n) is 10.1.